The van der Waals surface area contributed by atoms with Crippen molar-refractivity contribution in [1.82, 2.24) is 15.2 Å². The first kappa shape index (κ1) is 14.1. The van der Waals surface area contributed by atoms with E-state index >= 15 is 0 Å². The highest BCUT2D eigenvalue weighted by Crippen LogP contribution is 2.33. The summed E-state index contributed by atoms with van der Waals surface area (Å²) in [6, 6.07) is 8.86. The van der Waals surface area contributed by atoms with Crippen molar-refractivity contribution in [3.05, 3.63) is 48.8 Å². The number of ether oxygens (including phenoxy) is 1. The summed E-state index contributed by atoms with van der Waals surface area (Å²) in [5, 5.41) is 7.59. The van der Waals surface area contributed by atoms with Gasteiger partial charge >= 0.3 is 6.36 Å². The van der Waals surface area contributed by atoms with Crippen molar-refractivity contribution in [3.8, 4) is 28.7 Å². The average Bonchev–Trinajstić information content (AvgIpc) is 2.97. The minimum Gasteiger partial charge on any atom is -0.416 e. The Morgan fingerprint density at radius 2 is 1.59 bits per heavy atom. The zero-order chi connectivity index (χ0) is 15.6. The molecule has 0 aliphatic carbocycles. The van der Waals surface area contributed by atoms with E-state index in [-0.39, 0.29) is 17.3 Å². The molecule has 0 amide bonds. The van der Waals surface area contributed by atoms with Crippen molar-refractivity contribution in [2.75, 3.05) is 0 Å². The molecule has 0 aliphatic heterocycles. The van der Waals surface area contributed by atoms with Gasteiger partial charge in [-0.1, -0.05) is 12.1 Å². The quantitative estimate of drug-likeness (QED) is 0.738. The molecule has 2 aromatic heterocycles. The second-order valence-electron chi connectivity index (χ2n) is 4.19. The molecule has 0 radical (unpaired) electrons. The number of pyridine rings is 1. The minimum absolute atomic E-state index is 0.0626. The first-order valence-corrected chi connectivity index (χ1v) is 6.12. The van der Waals surface area contributed by atoms with Crippen molar-refractivity contribution < 1.29 is 22.3 Å². The molecule has 0 bridgehead atoms. The number of aromatic nitrogens is 3. The van der Waals surface area contributed by atoms with Crippen LogP contribution in [0.5, 0.6) is 5.75 Å². The molecular weight excluding hydrogens is 299 g/mol. The van der Waals surface area contributed by atoms with Gasteiger partial charge in [-0.05, 0) is 24.3 Å². The van der Waals surface area contributed by atoms with Gasteiger partial charge in [-0.15, -0.1) is 23.4 Å². The smallest absolute Gasteiger partial charge is 0.416 e. The zero-order valence-electron chi connectivity index (χ0n) is 10.9. The van der Waals surface area contributed by atoms with Crippen LogP contribution in [0.1, 0.15) is 0 Å². The summed E-state index contributed by atoms with van der Waals surface area (Å²) in [6.07, 6.45) is -1.72. The van der Waals surface area contributed by atoms with E-state index in [0.29, 0.717) is 5.56 Å². The van der Waals surface area contributed by atoms with Crippen molar-refractivity contribution in [2.45, 2.75) is 6.36 Å². The lowest BCUT2D eigenvalue weighted by atomic mass is 10.2. The van der Waals surface area contributed by atoms with Crippen LogP contribution in [0.25, 0.3) is 22.9 Å². The maximum atomic E-state index is 12.4. The van der Waals surface area contributed by atoms with Crippen molar-refractivity contribution in [2.24, 2.45) is 0 Å². The molecule has 2 heterocycles. The van der Waals surface area contributed by atoms with E-state index in [1.165, 1.54) is 18.2 Å². The zero-order valence-corrected chi connectivity index (χ0v) is 10.9. The monoisotopic (exact) mass is 307 g/mol. The molecule has 0 aliphatic rings. The first-order valence-electron chi connectivity index (χ1n) is 6.12. The Hall–Kier alpha value is -2.90. The molecule has 22 heavy (non-hydrogen) atoms. The van der Waals surface area contributed by atoms with Gasteiger partial charge in [0, 0.05) is 18.0 Å². The van der Waals surface area contributed by atoms with Crippen LogP contribution in [-0.4, -0.2) is 21.5 Å². The molecule has 0 saturated carbocycles. The second kappa shape index (κ2) is 5.47. The SMILES string of the molecule is FC(F)(F)Oc1ccccc1-c1nnc(-c2ccncc2)o1. The predicted octanol–water partition coefficient (Wildman–Crippen LogP) is 3.70. The largest absolute Gasteiger partial charge is 0.573 e. The number of alkyl halides is 3. The summed E-state index contributed by atoms with van der Waals surface area (Å²) in [4.78, 5) is 3.86. The third-order valence-corrected chi connectivity index (χ3v) is 2.70. The average molecular weight is 307 g/mol. The lowest BCUT2D eigenvalue weighted by Crippen LogP contribution is -2.17. The second-order valence-corrected chi connectivity index (χ2v) is 4.19. The van der Waals surface area contributed by atoms with Crippen molar-refractivity contribution in [1.29, 1.82) is 0 Å². The predicted molar refractivity (Wildman–Crippen MR) is 69.6 cm³/mol. The summed E-state index contributed by atoms with van der Waals surface area (Å²) in [6.45, 7) is 0. The Labute approximate surface area is 122 Å². The molecule has 3 aromatic rings. The Balaban J connectivity index is 1.97. The lowest BCUT2D eigenvalue weighted by molar-refractivity contribution is -0.274. The van der Waals surface area contributed by atoms with Gasteiger partial charge < -0.3 is 9.15 Å². The van der Waals surface area contributed by atoms with Gasteiger partial charge in [0.1, 0.15) is 5.75 Å². The van der Waals surface area contributed by atoms with Crippen LogP contribution in [0.3, 0.4) is 0 Å². The number of rotatable bonds is 3. The van der Waals surface area contributed by atoms with E-state index in [9.17, 15) is 13.2 Å². The highest BCUT2D eigenvalue weighted by atomic mass is 19.4. The molecule has 3 rings (SSSR count). The van der Waals surface area contributed by atoms with Gasteiger partial charge in [-0.2, -0.15) is 0 Å². The van der Waals surface area contributed by atoms with Gasteiger partial charge in [-0.25, -0.2) is 0 Å². The molecule has 0 atom stereocenters. The van der Waals surface area contributed by atoms with Crippen molar-refractivity contribution >= 4 is 0 Å². The van der Waals surface area contributed by atoms with Crippen LogP contribution in [0.2, 0.25) is 0 Å². The molecule has 0 fully saturated rings. The van der Waals surface area contributed by atoms with Gasteiger partial charge in [0.15, 0.2) is 0 Å². The van der Waals surface area contributed by atoms with Crippen LogP contribution < -0.4 is 4.74 Å². The van der Waals surface area contributed by atoms with E-state index in [0.717, 1.165) is 0 Å². The van der Waals surface area contributed by atoms with E-state index in [1.807, 2.05) is 0 Å². The Bertz CT molecular complexity index is 772. The molecule has 0 spiro atoms. The summed E-state index contributed by atoms with van der Waals surface area (Å²) >= 11 is 0. The van der Waals surface area contributed by atoms with Crippen LogP contribution in [0.15, 0.2) is 53.2 Å². The van der Waals surface area contributed by atoms with Gasteiger partial charge in [0.05, 0.1) is 5.56 Å². The number of hydrogen-bond acceptors (Lipinski definition) is 5. The Kier molecular flexibility index (Phi) is 3.50. The van der Waals surface area contributed by atoms with Gasteiger partial charge in [0.2, 0.25) is 5.89 Å². The molecule has 0 N–H and O–H groups in total. The Morgan fingerprint density at radius 3 is 2.32 bits per heavy atom. The van der Waals surface area contributed by atoms with Crippen LogP contribution >= 0.6 is 0 Å². The minimum atomic E-state index is -4.80. The third kappa shape index (κ3) is 3.05. The molecule has 112 valence electrons. The maximum absolute atomic E-state index is 12.4. The Morgan fingerprint density at radius 1 is 0.909 bits per heavy atom. The molecule has 5 nitrogen and oxygen atoms in total. The van der Waals surface area contributed by atoms with Gasteiger partial charge in [0.25, 0.3) is 5.89 Å². The van der Waals surface area contributed by atoms with E-state index in [1.54, 1.807) is 30.6 Å². The van der Waals surface area contributed by atoms with Crippen LogP contribution in [0.4, 0.5) is 13.2 Å². The first-order chi connectivity index (χ1) is 10.5. The van der Waals surface area contributed by atoms with E-state index in [4.69, 9.17) is 4.42 Å². The molecule has 1 aromatic carbocycles. The maximum Gasteiger partial charge on any atom is 0.573 e. The fourth-order valence-corrected chi connectivity index (χ4v) is 1.80. The lowest BCUT2D eigenvalue weighted by Gasteiger charge is -2.10. The number of hydrogen-bond donors (Lipinski definition) is 0. The fraction of sp³-hybridized carbons (Fsp3) is 0.0714. The molecule has 0 unspecified atom stereocenters. The number of halogens is 3. The topological polar surface area (TPSA) is 61.0 Å². The van der Waals surface area contributed by atoms with E-state index < -0.39 is 12.1 Å². The summed E-state index contributed by atoms with van der Waals surface area (Å²) < 4.78 is 46.6. The van der Waals surface area contributed by atoms with Crippen LogP contribution in [0, 0.1) is 0 Å². The molecule has 8 heteroatoms. The summed E-state index contributed by atoms with van der Waals surface area (Å²) in [7, 11) is 0. The summed E-state index contributed by atoms with van der Waals surface area (Å²) in [5.74, 6) is -0.286. The summed E-state index contributed by atoms with van der Waals surface area (Å²) in [5.41, 5.74) is 0.676. The fourth-order valence-electron chi connectivity index (χ4n) is 1.80. The van der Waals surface area contributed by atoms with Gasteiger partial charge in [-0.3, -0.25) is 4.98 Å². The molecule has 0 saturated heterocycles. The standard InChI is InChI=1S/C14H8F3N3O2/c15-14(16,17)22-11-4-2-1-3-10(11)13-20-19-12(21-13)9-5-7-18-8-6-9/h1-8H. The number of nitrogens with zero attached hydrogens (tertiary/aromatic N) is 3. The number of para-hydroxylation sites is 1. The van der Waals surface area contributed by atoms with Crippen LogP contribution in [-0.2, 0) is 0 Å². The highest BCUT2D eigenvalue weighted by Gasteiger charge is 2.32. The van der Waals surface area contributed by atoms with Crippen molar-refractivity contribution in [3.63, 3.8) is 0 Å². The highest BCUT2D eigenvalue weighted by molar-refractivity contribution is 5.64. The molecular formula is C14H8F3N3O2. The van der Waals surface area contributed by atoms with E-state index in [2.05, 4.69) is 19.9 Å². The number of benzene rings is 1. The normalized spacial score (nSPS) is 11.4. The third-order valence-electron chi connectivity index (χ3n) is 2.70.